The van der Waals surface area contributed by atoms with Crippen molar-refractivity contribution in [2.75, 3.05) is 5.32 Å². The topological polar surface area (TPSA) is 58.2 Å². The Morgan fingerprint density at radius 2 is 1.63 bits per heavy atom. The van der Waals surface area contributed by atoms with Crippen LogP contribution >= 0.6 is 11.3 Å². The van der Waals surface area contributed by atoms with Crippen molar-refractivity contribution in [3.63, 3.8) is 0 Å². The average molecular weight is 378 g/mol. The van der Waals surface area contributed by atoms with Gasteiger partial charge in [-0.2, -0.15) is 0 Å². The highest BCUT2D eigenvalue weighted by molar-refractivity contribution is 7.10. The van der Waals surface area contributed by atoms with Crippen molar-refractivity contribution in [1.29, 1.82) is 0 Å². The van der Waals surface area contributed by atoms with E-state index < -0.39 is 6.04 Å². The average Bonchev–Trinajstić information content (AvgIpc) is 3.21. The van der Waals surface area contributed by atoms with Crippen molar-refractivity contribution in [3.05, 3.63) is 88.1 Å². The summed E-state index contributed by atoms with van der Waals surface area (Å²) in [5, 5.41) is 8.37. The smallest absolute Gasteiger partial charge is 0.241 e. The Hall–Kier alpha value is -2.76. The zero-order valence-corrected chi connectivity index (χ0v) is 16.1. The van der Waals surface area contributed by atoms with Gasteiger partial charge in [0.15, 0.2) is 5.78 Å². The van der Waals surface area contributed by atoms with Crippen LogP contribution in [-0.4, -0.2) is 17.7 Å². The standard InChI is InChI=1S/C22H22N2O2S/c1-15(22(26)24-19-12-10-17(11-13-19)16(2)25)23-21(20-9-6-14-27-20)18-7-4-3-5-8-18/h3-15,21,23H,1-2H3,(H,24,26)/t15-,21-/m0/s1. The highest BCUT2D eigenvalue weighted by atomic mass is 32.1. The third-order valence-corrected chi connectivity index (χ3v) is 5.27. The summed E-state index contributed by atoms with van der Waals surface area (Å²) >= 11 is 1.66. The van der Waals surface area contributed by atoms with E-state index in [1.165, 1.54) is 6.92 Å². The molecule has 1 aromatic heterocycles. The van der Waals surface area contributed by atoms with E-state index in [1.807, 2.05) is 36.6 Å². The summed E-state index contributed by atoms with van der Waals surface area (Å²) in [4.78, 5) is 25.1. The van der Waals surface area contributed by atoms with Crippen LogP contribution in [0.4, 0.5) is 5.69 Å². The molecule has 0 fully saturated rings. The predicted molar refractivity (Wildman–Crippen MR) is 110 cm³/mol. The quantitative estimate of drug-likeness (QED) is 0.588. The molecule has 2 N–H and O–H groups in total. The van der Waals surface area contributed by atoms with Gasteiger partial charge in [0.25, 0.3) is 0 Å². The number of Topliss-reactive ketones (excluding diaryl/α,β-unsaturated/α-hetero) is 1. The maximum absolute atomic E-state index is 12.6. The fraction of sp³-hybridized carbons (Fsp3) is 0.182. The molecule has 5 heteroatoms. The summed E-state index contributed by atoms with van der Waals surface area (Å²) in [6, 6.07) is 20.7. The van der Waals surface area contributed by atoms with Gasteiger partial charge in [0.05, 0.1) is 12.1 Å². The molecule has 0 spiro atoms. The molecule has 2 aromatic carbocycles. The lowest BCUT2D eigenvalue weighted by atomic mass is 10.0. The largest absolute Gasteiger partial charge is 0.325 e. The highest BCUT2D eigenvalue weighted by Crippen LogP contribution is 2.26. The van der Waals surface area contributed by atoms with Crippen molar-refractivity contribution in [1.82, 2.24) is 5.32 Å². The molecule has 3 aromatic rings. The molecule has 3 rings (SSSR count). The second-order valence-electron chi connectivity index (χ2n) is 6.37. The number of rotatable bonds is 7. The summed E-state index contributed by atoms with van der Waals surface area (Å²) in [6.45, 7) is 3.37. The molecule has 0 bridgehead atoms. The van der Waals surface area contributed by atoms with Crippen LogP contribution in [-0.2, 0) is 4.79 Å². The van der Waals surface area contributed by atoms with Gasteiger partial charge in [-0.05, 0) is 55.1 Å². The van der Waals surface area contributed by atoms with Crippen LogP contribution in [0.3, 0.4) is 0 Å². The molecule has 0 aliphatic heterocycles. The monoisotopic (exact) mass is 378 g/mol. The van der Waals surface area contributed by atoms with Crippen molar-refractivity contribution in [3.8, 4) is 0 Å². The molecule has 0 radical (unpaired) electrons. The summed E-state index contributed by atoms with van der Waals surface area (Å²) < 4.78 is 0. The van der Waals surface area contributed by atoms with Gasteiger partial charge in [-0.15, -0.1) is 11.3 Å². The Bertz CT molecular complexity index is 890. The van der Waals surface area contributed by atoms with Gasteiger partial charge in [0.2, 0.25) is 5.91 Å². The van der Waals surface area contributed by atoms with Crippen LogP contribution < -0.4 is 10.6 Å². The SMILES string of the molecule is CC(=O)c1ccc(NC(=O)[C@H](C)N[C@@H](c2ccccc2)c2cccs2)cc1. The van der Waals surface area contributed by atoms with Gasteiger partial charge in [-0.3, -0.25) is 14.9 Å². The minimum absolute atomic E-state index is 0.00422. The number of nitrogens with one attached hydrogen (secondary N) is 2. The Morgan fingerprint density at radius 3 is 2.22 bits per heavy atom. The molecule has 138 valence electrons. The normalized spacial score (nSPS) is 13.0. The fourth-order valence-corrected chi connectivity index (χ4v) is 3.62. The minimum atomic E-state index is -0.398. The first kappa shape index (κ1) is 19.0. The van der Waals surface area contributed by atoms with Gasteiger partial charge in [-0.1, -0.05) is 36.4 Å². The third-order valence-electron chi connectivity index (χ3n) is 4.33. The van der Waals surface area contributed by atoms with Gasteiger partial charge in [0.1, 0.15) is 0 Å². The van der Waals surface area contributed by atoms with Crippen molar-refractivity contribution in [2.45, 2.75) is 25.9 Å². The summed E-state index contributed by atoms with van der Waals surface area (Å²) in [7, 11) is 0. The minimum Gasteiger partial charge on any atom is -0.325 e. The van der Waals surface area contributed by atoms with Gasteiger partial charge in [-0.25, -0.2) is 0 Å². The predicted octanol–water partition coefficient (Wildman–Crippen LogP) is 4.66. The lowest BCUT2D eigenvalue weighted by Gasteiger charge is -2.22. The number of thiophene rings is 1. The number of amides is 1. The van der Waals surface area contributed by atoms with Gasteiger partial charge < -0.3 is 5.32 Å². The maximum atomic E-state index is 12.6. The Balaban J connectivity index is 1.70. The Morgan fingerprint density at radius 1 is 0.926 bits per heavy atom. The first-order valence-corrected chi connectivity index (χ1v) is 9.69. The molecule has 1 amide bonds. The second kappa shape index (κ2) is 8.75. The van der Waals surface area contributed by atoms with Crippen LogP contribution in [0.5, 0.6) is 0 Å². The number of carbonyl (C=O) groups excluding carboxylic acids is 2. The molecule has 0 saturated carbocycles. The first-order valence-electron chi connectivity index (χ1n) is 8.81. The molecular weight excluding hydrogens is 356 g/mol. The molecule has 0 unspecified atom stereocenters. The van der Waals surface area contributed by atoms with Crippen LogP contribution in [0.15, 0.2) is 72.1 Å². The highest BCUT2D eigenvalue weighted by Gasteiger charge is 2.21. The molecule has 27 heavy (non-hydrogen) atoms. The summed E-state index contributed by atoms with van der Waals surface area (Å²) in [5.41, 5.74) is 2.41. The van der Waals surface area contributed by atoms with Gasteiger partial charge in [0, 0.05) is 16.1 Å². The van der Waals surface area contributed by atoms with Crippen LogP contribution in [0.25, 0.3) is 0 Å². The number of carbonyl (C=O) groups is 2. The molecule has 0 aliphatic carbocycles. The van der Waals surface area contributed by atoms with E-state index in [1.54, 1.807) is 35.6 Å². The molecular formula is C22H22N2O2S. The fourth-order valence-electron chi connectivity index (χ4n) is 2.81. The second-order valence-corrected chi connectivity index (χ2v) is 7.35. The third kappa shape index (κ3) is 4.90. The van der Waals surface area contributed by atoms with E-state index in [4.69, 9.17) is 0 Å². The Labute approximate surface area is 163 Å². The van der Waals surface area contributed by atoms with E-state index in [0.717, 1.165) is 10.4 Å². The molecule has 4 nitrogen and oxygen atoms in total. The van der Waals surface area contributed by atoms with Crippen LogP contribution in [0, 0.1) is 0 Å². The first-order chi connectivity index (χ1) is 13.0. The molecule has 0 saturated heterocycles. The Kier molecular flexibility index (Phi) is 6.16. The zero-order chi connectivity index (χ0) is 19.2. The summed E-state index contributed by atoms with van der Waals surface area (Å²) in [5.74, 6) is -0.118. The van der Waals surface area contributed by atoms with Crippen LogP contribution in [0.2, 0.25) is 0 Å². The van der Waals surface area contributed by atoms with Crippen LogP contribution in [0.1, 0.15) is 40.7 Å². The number of benzene rings is 2. The molecule has 0 aliphatic rings. The van der Waals surface area contributed by atoms with E-state index in [2.05, 4.69) is 28.8 Å². The van der Waals surface area contributed by atoms with E-state index >= 15 is 0 Å². The lowest BCUT2D eigenvalue weighted by molar-refractivity contribution is -0.117. The number of anilines is 1. The van der Waals surface area contributed by atoms with E-state index in [9.17, 15) is 9.59 Å². The number of hydrogen-bond donors (Lipinski definition) is 2. The zero-order valence-electron chi connectivity index (χ0n) is 15.3. The number of ketones is 1. The lowest BCUT2D eigenvalue weighted by Crippen LogP contribution is -2.40. The van der Waals surface area contributed by atoms with E-state index in [0.29, 0.717) is 11.3 Å². The van der Waals surface area contributed by atoms with E-state index in [-0.39, 0.29) is 17.7 Å². The summed E-state index contributed by atoms with van der Waals surface area (Å²) in [6.07, 6.45) is 0. The molecule has 2 atom stereocenters. The van der Waals surface area contributed by atoms with Crippen molar-refractivity contribution in [2.24, 2.45) is 0 Å². The maximum Gasteiger partial charge on any atom is 0.241 e. The van der Waals surface area contributed by atoms with Crippen molar-refractivity contribution >= 4 is 28.7 Å². The molecule has 1 heterocycles. The van der Waals surface area contributed by atoms with Gasteiger partial charge >= 0.3 is 0 Å². The van der Waals surface area contributed by atoms with Crippen molar-refractivity contribution < 1.29 is 9.59 Å². The number of hydrogen-bond acceptors (Lipinski definition) is 4.